The molecule has 3 aliphatic rings. The molecule has 2 N–H and O–H groups in total. The quantitative estimate of drug-likeness (QED) is 0.173. The van der Waals surface area contributed by atoms with Crippen molar-refractivity contribution in [2.75, 3.05) is 57.3 Å². The fourth-order valence-corrected chi connectivity index (χ4v) is 7.65. The van der Waals surface area contributed by atoms with Crippen LogP contribution in [0.2, 0.25) is 5.02 Å². The molecule has 0 spiro atoms. The van der Waals surface area contributed by atoms with Gasteiger partial charge in [-0.15, -0.1) is 6.42 Å². The number of aliphatic hydroxyl groups is 1. The lowest BCUT2D eigenvalue weighted by molar-refractivity contribution is -0.127. The number of hydrogen-bond acceptors (Lipinski definition) is 8. The zero-order valence-corrected chi connectivity index (χ0v) is 28.4. The number of aromatic nitrogens is 2. The summed E-state index contributed by atoms with van der Waals surface area (Å²) in [4.78, 5) is 27.5. The number of carbonyl (C=O) groups is 1. The van der Waals surface area contributed by atoms with Crippen molar-refractivity contribution in [1.82, 2.24) is 19.8 Å². The topological polar surface area (TPSA) is 102 Å². The standard InChI is InChI=1S/C38H38ClF2N5O4/c1-3-26-30(40)9-8-23-16-24(47)17-27(32(23)26)33-29(39)18-28-35(34(33)41)42-37(50-22-38(10-11-38)21-44-12-5-6-13-44)43-36(28)46-15-7-14-45(31(49)4-2)19-25(48)20-46/h1,4,8-9,16-18,25,47-48H,2,5-7,10-15,19-22H2. The van der Waals surface area contributed by atoms with E-state index in [4.69, 9.17) is 27.7 Å². The SMILES string of the molecule is C#Cc1c(F)ccc2cc(O)cc(-c3c(Cl)cc4c(N5CCCN(C(=O)C=C)CC(O)C5)nc(OCC5(CN6CCCC6)CC5)nc4c3F)c12. The third-order valence-electron chi connectivity index (χ3n) is 10.0. The van der Waals surface area contributed by atoms with E-state index in [0.29, 0.717) is 37.3 Å². The van der Waals surface area contributed by atoms with Crippen LogP contribution in [-0.4, -0.2) is 94.4 Å². The number of phenolic OH excluding ortho intramolecular Hbond substituents is 1. The van der Waals surface area contributed by atoms with E-state index in [2.05, 4.69) is 22.4 Å². The summed E-state index contributed by atoms with van der Waals surface area (Å²) in [6.07, 6.45) is 10.9. The molecule has 1 saturated carbocycles. The second kappa shape index (κ2) is 13.7. The Labute approximate surface area is 294 Å². The fourth-order valence-electron chi connectivity index (χ4n) is 7.36. The average molecular weight is 702 g/mol. The normalized spacial score (nSPS) is 19.3. The molecule has 3 fully saturated rings. The number of likely N-dealkylation sites (tertiary alicyclic amines) is 1. The predicted molar refractivity (Wildman–Crippen MR) is 189 cm³/mol. The van der Waals surface area contributed by atoms with Crippen LogP contribution in [0.1, 0.15) is 37.7 Å². The minimum atomic E-state index is -0.945. The number of carbonyl (C=O) groups excluding carboxylic acids is 1. The third kappa shape index (κ3) is 6.55. The number of terminal acetylenes is 1. The summed E-state index contributed by atoms with van der Waals surface area (Å²) in [5.74, 6) is 0.739. The monoisotopic (exact) mass is 701 g/mol. The molecular formula is C38H38ClF2N5O4. The average Bonchev–Trinajstić information content (AvgIpc) is 3.66. The van der Waals surface area contributed by atoms with E-state index in [1.54, 1.807) is 4.90 Å². The van der Waals surface area contributed by atoms with Gasteiger partial charge in [0.2, 0.25) is 5.91 Å². The molecule has 1 amide bonds. The maximum Gasteiger partial charge on any atom is 0.319 e. The maximum absolute atomic E-state index is 17.1. The van der Waals surface area contributed by atoms with Crippen molar-refractivity contribution in [3.8, 4) is 35.2 Å². The van der Waals surface area contributed by atoms with Gasteiger partial charge in [-0.25, -0.2) is 8.78 Å². The van der Waals surface area contributed by atoms with Gasteiger partial charge in [-0.05, 0) is 86.5 Å². The number of β-amino-alcohol motifs (C(OH)–C–C–N with tert-alkyl or cyclic N) is 1. The van der Waals surface area contributed by atoms with E-state index in [1.165, 1.54) is 49.2 Å². The summed E-state index contributed by atoms with van der Waals surface area (Å²) in [6.45, 7) is 7.90. The minimum Gasteiger partial charge on any atom is -0.508 e. The summed E-state index contributed by atoms with van der Waals surface area (Å²) in [5, 5.41) is 22.5. The highest BCUT2D eigenvalue weighted by Gasteiger charge is 2.45. The Kier molecular flexibility index (Phi) is 9.28. The number of halogens is 3. The highest BCUT2D eigenvalue weighted by Crippen LogP contribution is 2.48. The number of ether oxygens (including phenoxy) is 1. The maximum atomic E-state index is 17.1. The molecule has 1 aliphatic carbocycles. The molecule has 260 valence electrons. The molecule has 4 aromatic rings. The molecule has 50 heavy (non-hydrogen) atoms. The first-order valence-corrected chi connectivity index (χ1v) is 17.3. The van der Waals surface area contributed by atoms with Crippen LogP contribution in [0.15, 0.2) is 43.0 Å². The first-order chi connectivity index (χ1) is 24.1. The number of aliphatic hydroxyl groups excluding tert-OH is 1. The molecule has 2 aliphatic heterocycles. The van der Waals surface area contributed by atoms with Crippen LogP contribution >= 0.6 is 11.6 Å². The van der Waals surface area contributed by atoms with E-state index >= 15 is 4.39 Å². The van der Waals surface area contributed by atoms with Gasteiger partial charge in [0.1, 0.15) is 22.9 Å². The number of rotatable bonds is 8. The van der Waals surface area contributed by atoms with Crippen LogP contribution in [0.25, 0.3) is 32.8 Å². The number of nitrogens with zero attached hydrogens (tertiary/aromatic N) is 5. The molecule has 7 rings (SSSR count). The van der Waals surface area contributed by atoms with Gasteiger partial charge in [0.05, 0.1) is 23.3 Å². The molecular weight excluding hydrogens is 664 g/mol. The smallest absolute Gasteiger partial charge is 0.319 e. The summed E-state index contributed by atoms with van der Waals surface area (Å²) in [7, 11) is 0. The van der Waals surface area contributed by atoms with Gasteiger partial charge in [-0.2, -0.15) is 9.97 Å². The Bertz CT molecular complexity index is 2040. The predicted octanol–water partition coefficient (Wildman–Crippen LogP) is 5.91. The van der Waals surface area contributed by atoms with Crippen molar-refractivity contribution in [2.45, 2.75) is 38.2 Å². The molecule has 1 aromatic heterocycles. The van der Waals surface area contributed by atoms with Crippen molar-refractivity contribution in [3.05, 3.63) is 65.2 Å². The molecule has 1 unspecified atom stereocenters. The third-order valence-corrected chi connectivity index (χ3v) is 10.3. The molecule has 12 heteroatoms. The van der Waals surface area contributed by atoms with E-state index in [9.17, 15) is 19.4 Å². The molecule has 0 radical (unpaired) electrons. The minimum absolute atomic E-state index is 0.0245. The number of benzene rings is 3. The Balaban J connectivity index is 1.35. The van der Waals surface area contributed by atoms with Gasteiger partial charge in [0.15, 0.2) is 5.82 Å². The van der Waals surface area contributed by atoms with E-state index in [0.717, 1.165) is 32.5 Å². The van der Waals surface area contributed by atoms with Crippen molar-refractivity contribution in [2.24, 2.45) is 5.41 Å². The van der Waals surface area contributed by atoms with E-state index < -0.39 is 17.7 Å². The fraction of sp³-hybridized carbons (Fsp3) is 0.395. The number of phenols is 1. The molecule has 0 bridgehead atoms. The molecule has 3 aromatic carbocycles. The number of hydrogen-bond donors (Lipinski definition) is 2. The molecule has 1 atom stereocenters. The highest BCUT2D eigenvalue weighted by molar-refractivity contribution is 6.35. The summed E-state index contributed by atoms with van der Waals surface area (Å²) < 4.78 is 38.3. The van der Waals surface area contributed by atoms with Gasteiger partial charge < -0.3 is 29.6 Å². The van der Waals surface area contributed by atoms with Crippen molar-refractivity contribution < 1.29 is 28.5 Å². The van der Waals surface area contributed by atoms with Crippen LogP contribution in [0, 0.1) is 29.4 Å². The summed E-state index contributed by atoms with van der Waals surface area (Å²) >= 11 is 6.87. The number of aromatic hydroxyl groups is 1. The number of fused-ring (bicyclic) bond motifs is 2. The first kappa shape index (κ1) is 34.0. The summed E-state index contributed by atoms with van der Waals surface area (Å²) in [6, 6.07) is 6.89. The van der Waals surface area contributed by atoms with Crippen molar-refractivity contribution >= 4 is 45.0 Å². The Morgan fingerprint density at radius 2 is 1.90 bits per heavy atom. The lowest BCUT2D eigenvalue weighted by Gasteiger charge is -2.34. The number of anilines is 1. The molecule has 2 saturated heterocycles. The van der Waals surface area contributed by atoms with Gasteiger partial charge >= 0.3 is 6.01 Å². The van der Waals surface area contributed by atoms with Crippen LogP contribution in [-0.2, 0) is 4.79 Å². The first-order valence-electron chi connectivity index (χ1n) is 16.9. The summed E-state index contributed by atoms with van der Waals surface area (Å²) in [5.41, 5.74) is -0.219. The van der Waals surface area contributed by atoms with Gasteiger partial charge in [0.25, 0.3) is 0 Å². The van der Waals surface area contributed by atoms with Crippen LogP contribution in [0.5, 0.6) is 11.8 Å². The van der Waals surface area contributed by atoms with E-state index in [1.807, 2.05) is 4.90 Å². The molecule has 3 heterocycles. The Hall–Kier alpha value is -4.50. The largest absolute Gasteiger partial charge is 0.508 e. The molecule has 9 nitrogen and oxygen atoms in total. The lowest BCUT2D eigenvalue weighted by atomic mass is 9.93. The van der Waals surface area contributed by atoms with Gasteiger partial charge in [-0.3, -0.25) is 4.79 Å². The second-order valence-electron chi connectivity index (χ2n) is 13.6. The van der Waals surface area contributed by atoms with Gasteiger partial charge in [0, 0.05) is 54.5 Å². The van der Waals surface area contributed by atoms with Crippen LogP contribution in [0.3, 0.4) is 0 Å². The Morgan fingerprint density at radius 1 is 1.12 bits per heavy atom. The van der Waals surface area contributed by atoms with Crippen LogP contribution < -0.4 is 9.64 Å². The van der Waals surface area contributed by atoms with Gasteiger partial charge in [-0.1, -0.05) is 30.2 Å². The van der Waals surface area contributed by atoms with Crippen LogP contribution in [0.4, 0.5) is 14.6 Å². The lowest BCUT2D eigenvalue weighted by Crippen LogP contribution is -2.46. The zero-order chi connectivity index (χ0) is 35.2. The highest BCUT2D eigenvalue weighted by atomic mass is 35.5. The van der Waals surface area contributed by atoms with Crippen molar-refractivity contribution in [3.63, 3.8) is 0 Å². The zero-order valence-electron chi connectivity index (χ0n) is 27.6. The van der Waals surface area contributed by atoms with Crippen molar-refractivity contribution in [1.29, 1.82) is 0 Å². The second-order valence-corrected chi connectivity index (χ2v) is 14.1. The Morgan fingerprint density at radius 3 is 2.62 bits per heavy atom. The van der Waals surface area contributed by atoms with E-state index in [-0.39, 0.29) is 74.2 Å². The number of amides is 1.